The first kappa shape index (κ1) is 7.22. The zero-order valence-corrected chi connectivity index (χ0v) is 5.06. The van der Waals surface area contributed by atoms with E-state index in [1.807, 2.05) is 6.08 Å². The lowest BCUT2D eigenvalue weighted by Gasteiger charge is -1.88. The minimum atomic E-state index is 0.787. The molecule has 0 N–H and O–H groups in total. The van der Waals surface area contributed by atoms with Crippen LogP contribution in [0.15, 0.2) is 37.0 Å². The molecule has 0 unspecified atom stereocenters. The van der Waals surface area contributed by atoms with E-state index in [1.54, 1.807) is 12.2 Å². The van der Waals surface area contributed by atoms with Crippen molar-refractivity contribution in [1.29, 1.82) is 0 Å². The normalized spacial score (nSPS) is 10.9. The molecule has 0 aromatic rings. The third-order valence-corrected chi connectivity index (χ3v) is 0.883. The fraction of sp³-hybridized carbons (Fsp3) is 0.125. The summed E-state index contributed by atoms with van der Waals surface area (Å²) in [6.07, 6.45) is 6.21. The first-order chi connectivity index (χ1) is 3.85. The van der Waals surface area contributed by atoms with Crippen LogP contribution in [0.3, 0.4) is 0 Å². The van der Waals surface area contributed by atoms with Gasteiger partial charge < -0.3 is 0 Å². The summed E-state index contributed by atoms with van der Waals surface area (Å²) in [4.78, 5) is 0. The van der Waals surface area contributed by atoms with Gasteiger partial charge in [0.15, 0.2) is 0 Å². The van der Waals surface area contributed by atoms with Crippen LogP contribution in [0.25, 0.3) is 0 Å². The van der Waals surface area contributed by atoms with Crippen LogP contribution in [0.5, 0.6) is 0 Å². The molecule has 0 nitrogen and oxygen atoms in total. The maximum Gasteiger partial charge on any atom is -0.0279 e. The molecule has 0 aliphatic rings. The molecule has 0 spiro atoms. The summed E-state index contributed by atoms with van der Waals surface area (Å²) >= 11 is 0. The molecular weight excluding hydrogens is 96.1 g/mol. The summed E-state index contributed by atoms with van der Waals surface area (Å²) < 4.78 is 0. The summed E-state index contributed by atoms with van der Waals surface area (Å²) in [5.41, 5.74) is 1.12. The van der Waals surface area contributed by atoms with Gasteiger partial charge in [0, 0.05) is 0 Å². The minimum absolute atomic E-state index is 0.787. The van der Waals surface area contributed by atoms with Crippen LogP contribution < -0.4 is 0 Å². The average Bonchev–Trinajstić information content (AvgIpc) is 1.83. The number of allylic oxidation sites excluding steroid dienone is 4. The van der Waals surface area contributed by atoms with E-state index >= 15 is 0 Å². The molecule has 0 saturated carbocycles. The van der Waals surface area contributed by atoms with E-state index in [1.165, 1.54) is 0 Å². The van der Waals surface area contributed by atoms with Crippen LogP contribution in [-0.4, -0.2) is 0 Å². The van der Waals surface area contributed by atoms with Crippen LogP contribution >= 0.6 is 0 Å². The molecule has 0 aliphatic carbocycles. The summed E-state index contributed by atoms with van der Waals surface area (Å²) in [5, 5.41) is 0. The average molecular weight is 107 g/mol. The second kappa shape index (κ2) is 4.38. The highest BCUT2D eigenvalue weighted by atomic mass is 13.8. The van der Waals surface area contributed by atoms with Gasteiger partial charge in [0.1, 0.15) is 0 Å². The number of rotatable bonds is 3. The van der Waals surface area contributed by atoms with Crippen molar-refractivity contribution >= 4 is 0 Å². The lowest BCUT2D eigenvalue weighted by atomic mass is 10.2. The van der Waals surface area contributed by atoms with Crippen LogP contribution in [0.2, 0.25) is 0 Å². The van der Waals surface area contributed by atoms with E-state index in [0.29, 0.717) is 0 Å². The van der Waals surface area contributed by atoms with Crippen LogP contribution in [0.1, 0.15) is 6.42 Å². The van der Waals surface area contributed by atoms with E-state index in [9.17, 15) is 0 Å². The lowest BCUT2D eigenvalue weighted by molar-refractivity contribution is 1.29. The van der Waals surface area contributed by atoms with Crippen molar-refractivity contribution in [3.05, 3.63) is 43.9 Å². The highest BCUT2D eigenvalue weighted by Crippen LogP contribution is 1.99. The molecule has 0 amide bonds. The molecule has 0 bridgehead atoms. The van der Waals surface area contributed by atoms with Crippen LogP contribution in [0.4, 0.5) is 0 Å². The fourth-order valence-electron chi connectivity index (χ4n) is 0.405. The Morgan fingerprint density at radius 3 is 2.12 bits per heavy atom. The molecule has 1 radical (unpaired) electrons. The van der Waals surface area contributed by atoms with Gasteiger partial charge in [0.2, 0.25) is 0 Å². The van der Waals surface area contributed by atoms with Crippen molar-refractivity contribution in [2.24, 2.45) is 0 Å². The SMILES string of the molecule is [CH2]C/C(C=C)=C/C=C. The topological polar surface area (TPSA) is 0 Å². The molecule has 0 aromatic carbocycles. The van der Waals surface area contributed by atoms with E-state index < -0.39 is 0 Å². The molecule has 0 heteroatoms. The zero-order valence-electron chi connectivity index (χ0n) is 5.06. The third-order valence-electron chi connectivity index (χ3n) is 0.883. The van der Waals surface area contributed by atoms with Gasteiger partial charge in [-0.3, -0.25) is 0 Å². The molecule has 0 atom stereocenters. The summed E-state index contributed by atoms with van der Waals surface area (Å²) in [6.45, 7) is 10.8. The van der Waals surface area contributed by atoms with E-state index in [2.05, 4.69) is 20.1 Å². The van der Waals surface area contributed by atoms with Gasteiger partial charge in [-0.2, -0.15) is 0 Å². The Hall–Kier alpha value is -0.780. The molecule has 0 rings (SSSR count). The summed E-state index contributed by atoms with van der Waals surface area (Å²) in [7, 11) is 0. The van der Waals surface area contributed by atoms with Gasteiger partial charge in [-0.25, -0.2) is 0 Å². The highest BCUT2D eigenvalue weighted by molar-refractivity contribution is 5.21. The standard InChI is InChI=1S/C8H11/c1-4-7-8(5-2)6-3/h4-5,7H,1-3,6H2/b8-7+. The number of hydrogen-bond acceptors (Lipinski definition) is 0. The van der Waals surface area contributed by atoms with Gasteiger partial charge in [-0.05, 0) is 18.9 Å². The lowest BCUT2D eigenvalue weighted by Crippen LogP contribution is -1.69. The van der Waals surface area contributed by atoms with Crippen molar-refractivity contribution in [1.82, 2.24) is 0 Å². The first-order valence-electron chi connectivity index (χ1n) is 2.58. The van der Waals surface area contributed by atoms with Crippen LogP contribution in [-0.2, 0) is 0 Å². The van der Waals surface area contributed by atoms with E-state index in [0.717, 1.165) is 12.0 Å². The highest BCUT2D eigenvalue weighted by Gasteiger charge is 1.79. The Balaban J connectivity index is 3.84. The Morgan fingerprint density at radius 1 is 1.38 bits per heavy atom. The van der Waals surface area contributed by atoms with Gasteiger partial charge in [-0.1, -0.05) is 31.4 Å². The van der Waals surface area contributed by atoms with E-state index in [4.69, 9.17) is 0 Å². The smallest absolute Gasteiger partial charge is 0.0279 e. The molecule has 0 heterocycles. The molecule has 0 saturated heterocycles. The van der Waals surface area contributed by atoms with Gasteiger partial charge >= 0.3 is 0 Å². The minimum Gasteiger partial charge on any atom is -0.0991 e. The Labute approximate surface area is 51.2 Å². The summed E-state index contributed by atoms with van der Waals surface area (Å²) in [5.74, 6) is 0. The predicted octanol–water partition coefficient (Wildman–Crippen LogP) is 2.51. The van der Waals surface area contributed by atoms with Crippen molar-refractivity contribution < 1.29 is 0 Å². The third kappa shape index (κ3) is 2.40. The van der Waals surface area contributed by atoms with Crippen molar-refractivity contribution in [3.63, 3.8) is 0 Å². The zero-order chi connectivity index (χ0) is 6.41. The molecule has 43 valence electrons. The maximum absolute atomic E-state index is 3.69. The predicted molar refractivity (Wildman–Crippen MR) is 38.5 cm³/mol. The largest absolute Gasteiger partial charge is 0.0991 e. The van der Waals surface area contributed by atoms with Crippen molar-refractivity contribution in [3.8, 4) is 0 Å². The monoisotopic (exact) mass is 107 g/mol. The van der Waals surface area contributed by atoms with Gasteiger partial charge in [0.05, 0.1) is 0 Å². The second-order valence-electron chi connectivity index (χ2n) is 1.43. The molecule has 0 aromatic heterocycles. The Morgan fingerprint density at radius 2 is 2.00 bits per heavy atom. The van der Waals surface area contributed by atoms with E-state index in [-0.39, 0.29) is 0 Å². The fourth-order valence-corrected chi connectivity index (χ4v) is 0.405. The van der Waals surface area contributed by atoms with Gasteiger partial charge in [-0.15, -0.1) is 0 Å². The molecular formula is C8H11. The summed E-state index contributed by atoms with van der Waals surface area (Å²) in [6, 6.07) is 0. The molecule has 8 heavy (non-hydrogen) atoms. The molecule has 0 fully saturated rings. The first-order valence-corrected chi connectivity index (χ1v) is 2.58. The Kier molecular flexibility index (Phi) is 3.95. The molecule has 0 aliphatic heterocycles. The van der Waals surface area contributed by atoms with Crippen LogP contribution in [0, 0.1) is 6.92 Å². The van der Waals surface area contributed by atoms with Gasteiger partial charge in [0.25, 0.3) is 0 Å². The quantitative estimate of drug-likeness (QED) is 0.486. The number of hydrogen-bond donors (Lipinski definition) is 0. The van der Waals surface area contributed by atoms with Crippen molar-refractivity contribution in [2.45, 2.75) is 6.42 Å². The Bertz CT molecular complexity index is 107. The van der Waals surface area contributed by atoms with Crippen molar-refractivity contribution in [2.75, 3.05) is 0 Å². The maximum atomic E-state index is 3.69. The second-order valence-corrected chi connectivity index (χ2v) is 1.43.